The molecule has 0 aliphatic carbocycles. The van der Waals surface area contributed by atoms with Gasteiger partial charge in [-0.25, -0.2) is 9.97 Å². The molecule has 1 aliphatic heterocycles. The number of anilines is 1. The summed E-state index contributed by atoms with van der Waals surface area (Å²) in [6.45, 7) is 0.435. The molecule has 2 heterocycles. The normalized spacial score (nSPS) is 13.0. The van der Waals surface area contributed by atoms with Crippen LogP contribution in [-0.2, 0) is 6.42 Å². The van der Waals surface area contributed by atoms with E-state index in [4.69, 9.17) is 11.6 Å². The minimum atomic E-state index is -0.481. The molecule has 0 unspecified atom stereocenters. The van der Waals surface area contributed by atoms with Crippen LogP contribution in [0.25, 0.3) is 0 Å². The van der Waals surface area contributed by atoms with E-state index in [2.05, 4.69) is 9.97 Å². The Kier molecular flexibility index (Phi) is 4.18. The number of carbonyl (C=O) groups is 1. The van der Waals surface area contributed by atoms with Gasteiger partial charge in [-0.2, -0.15) is 0 Å². The highest BCUT2D eigenvalue weighted by molar-refractivity contribution is 7.98. The molecule has 0 spiro atoms. The summed E-state index contributed by atoms with van der Waals surface area (Å²) in [4.78, 5) is 32.9. The van der Waals surface area contributed by atoms with Crippen LogP contribution in [0.2, 0.25) is 5.02 Å². The summed E-state index contributed by atoms with van der Waals surface area (Å²) in [5.41, 5.74) is 1.47. The smallest absolute Gasteiger partial charge is 0.278 e. The Bertz CT molecular complexity index is 815. The molecule has 3 rings (SSSR count). The van der Waals surface area contributed by atoms with Gasteiger partial charge in [-0.05, 0) is 18.2 Å². The molecular formula is C14H11ClN4O3S. The van der Waals surface area contributed by atoms with Crippen molar-refractivity contribution in [2.45, 2.75) is 11.6 Å². The number of rotatable bonds is 3. The Labute approximate surface area is 140 Å². The predicted octanol–water partition coefficient (Wildman–Crippen LogP) is 2.96. The number of nitrogens with zero attached hydrogens (tertiary/aromatic N) is 4. The number of halogens is 1. The highest BCUT2D eigenvalue weighted by Gasteiger charge is 2.29. The second-order valence-corrected chi connectivity index (χ2v) is 6.01. The van der Waals surface area contributed by atoms with Crippen LogP contribution in [0.5, 0.6) is 0 Å². The molecule has 0 atom stereocenters. The number of nitro benzene ring substituents is 1. The maximum atomic E-state index is 12.8. The zero-order valence-corrected chi connectivity index (χ0v) is 13.6. The van der Waals surface area contributed by atoms with E-state index in [1.807, 2.05) is 0 Å². The molecule has 1 amide bonds. The lowest BCUT2D eigenvalue weighted by atomic mass is 10.1. The Morgan fingerprint density at radius 1 is 1.48 bits per heavy atom. The van der Waals surface area contributed by atoms with E-state index in [1.165, 1.54) is 35.0 Å². The largest absolute Gasteiger partial charge is 0.306 e. The zero-order valence-electron chi connectivity index (χ0n) is 12.0. The van der Waals surface area contributed by atoms with E-state index in [0.717, 1.165) is 5.56 Å². The summed E-state index contributed by atoms with van der Waals surface area (Å²) >= 11 is 7.35. The summed E-state index contributed by atoms with van der Waals surface area (Å²) in [6.07, 6.45) is 3.82. The quantitative estimate of drug-likeness (QED) is 0.366. The fraction of sp³-hybridized carbons (Fsp3) is 0.214. The Morgan fingerprint density at radius 2 is 2.26 bits per heavy atom. The third-order valence-corrected chi connectivity index (χ3v) is 4.37. The number of hydrogen-bond donors (Lipinski definition) is 0. The van der Waals surface area contributed by atoms with E-state index in [0.29, 0.717) is 23.8 Å². The lowest BCUT2D eigenvalue weighted by Gasteiger charge is -2.17. The molecule has 23 heavy (non-hydrogen) atoms. The minimum Gasteiger partial charge on any atom is -0.306 e. The van der Waals surface area contributed by atoms with Gasteiger partial charge in [0.05, 0.1) is 21.8 Å². The average molecular weight is 351 g/mol. The van der Waals surface area contributed by atoms with Crippen LogP contribution in [0.15, 0.2) is 29.6 Å². The monoisotopic (exact) mass is 350 g/mol. The molecule has 0 N–H and O–H groups in total. The first-order chi connectivity index (χ1) is 11.0. The van der Waals surface area contributed by atoms with Crippen molar-refractivity contribution in [3.8, 4) is 0 Å². The van der Waals surface area contributed by atoms with Crippen molar-refractivity contribution in [2.24, 2.45) is 0 Å². The lowest BCUT2D eigenvalue weighted by Crippen LogP contribution is -2.30. The number of benzene rings is 1. The molecule has 1 aromatic carbocycles. The van der Waals surface area contributed by atoms with Crippen molar-refractivity contribution >= 4 is 40.6 Å². The first-order valence-corrected chi connectivity index (χ1v) is 8.27. The van der Waals surface area contributed by atoms with E-state index in [1.54, 1.807) is 12.3 Å². The Morgan fingerprint density at radius 3 is 2.96 bits per heavy atom. The number of non-ortho nitro benzene ring substituents is 1. The summed E-state index contributed by atoms with van der Waals surface area (Å²) in [5.74, 6) is -0.382. The van der Waals surface area contributed by atoms with E-state index < -0.39 is 4.92 Å². The van der Waals surface area contributed by atoms with Gasteiger partial charge in [-0.1, -0.05) is 29.4 Å². The van der Waals surface area contributed by atoms with Crippen molar-refractivity contribution in [1.82, 2.24) is 9.97 Å². The SMILES string of the molecule is CSc1ncc(Cl)c(C(=O)N2CCc3ccc([N+](=O)[O-])cc32)n1. The molecule has 0 saturated heterocycles. The van der Waals surface area contributed by atoms with Gasteiger partial charge in [0.2, 0.25) is 0 Å². The molecule has 0 saturated carbocycles. The Balaban J connectivity index is 2.00. The van der Waals surface area contributed by atoms with Gasteiger partial charge < -0.3 is 4.90 Å². The molecule has 0 bridgehead atoms. The number of hydrogen-bond acceptors (Lipinski definition) is 6. The molecule has 0 radical (unpaired) electrons. The second-order valence-electron chi connectivity index (χ2n) is 4.83. The van der Waals surface area contributed by atoms with Crippen LogP contribution in [0.1, 0.15) is 16.1 Å². The third-order valence-electron chi connectivity index (χ3n) is 3.53. The van der Waals surface area contributed by atoms with Crippen LogP contribution < -0.4 is 4.90 Å². The summed E-state index contributed by atoms with van der Waals surface area (Å²) in [6, 6.07) is 4.52. The Hall–Kier alpha value is -2.19. The molecule has 1 aromatic heterocycles. The first-order valence-electron chi connectivity index (χ1n) is 6.67. The van der Waals surface area contributed by atoms with Crippen molar-refractivity contribution in [3.63, 3.8) is 0 Å². The van der Waals surface area contributed by atoms with Crippen LogP contribution in [-0.4, -0.2) is 33.6 Å². The fourth-order valence-electron chi connectivity index (χ4n) is 2.42. The number of aromatic nitrogens is 2. The number of thioether (sulfide) groups is 1. The average Bonchev–Trinajstić information content (AvgIpc) is 2.97. The highest BCUT2D eigenvalue weighted by Crippen LogP contribution is 2.33. The van der Waals surface area contributed by atoms with E-state index >= 15 is 0 Å². The van der Waals surface area contributed by atoms with Crippen molar-refractivity contribution in [2.75, 3.05) is 17.7 Å². The zero-order chi connectivity index (χ0) is 16.6. The molecule has 0 fully saturated rings. The van der Waals surface area contributed by atoms with Gasteiger partial charge in [0.25, 0.3) is 11.6 Å². The van der Waals surface area contributed by atoms with Crippen LogP contribution in [0.4, 0.5) is 11.4 Å². The van der Waals surface area contributed by atoms with Crippen molar-refractivity contribution < 1.29 is 9.72 Å². The molecule has 9 heteroatoms. The summed E-state index contributed by atoms with van der Waals surface area (Å²) < 4.78 is 0. The minimum absolute atomic E-state index is 0.0537. The first kappa shape index (κ1) is 15.7. The lowest BCUT2D eigenvalue weighted by molar-refractivity contribution is -0.384. The summed E-state index contributed by atoms with van der Waals surface area (Å²) in [5, 5.41) is 11.5. The topological polar surface area (TPSA) is 89.2 Å². The summed E-state index contributed by atoms with van der Waals surface area (Å²) in [7, 11) is 0. The molecule has 1 aliphatic rings. The van der Waals surface area contributed by atoms with Crippen LogP contribution >= 0.6 is 23.4 Å². The van der Waals surface area contributed by atoms with Gasteiger partial charge in [0, 0.05) is 18.7 Å². The van der Waals surface area contributed by atoms with Gasteiger partial charge >= 0.3 is 0 Å². The number of amides is 1. The van der Waals surface area contributed by atoms with Crippen LogP contribution in [0.3, 0.4) is 0 Å². The highest BCUT2D eigenvalue weighted by atomic mass is 35.5. The standard InChI is InChI=1S/C14H11ClN4O3S/c1-23-14-16-7-10(15)12(17-14)13(20)18-5-4-8-2-3-9(19(21)22)6-11(8)18/h2-3,6-7H,4-5H2,1H3. The maximum absolute atomic E-state index is 12.8. The molecule has 2 aromatic rings. The molecular weight excluding hydrogens is 340 g/mol. The molecule has 118 valence electrons. The van der Waals surface area contributed by atoms with Crippen molar-refractivity contribution in [3.05, 3.63) is 50.8 Å². The van der Waals surface area contributed by atoms with E-state index in [-0.39, 0.29) is 22.3 Å². The molecule has 7 nitrogen and oxygen atoms in total. The third kappa shape index (κ3) is 2.87. The predicted molar refractivity (Wildman–Crippen MR) is 87.3 cm³/mol. The van der Waals surface area contributed by atoms with E-state index in [9.17, 15) is 14.9 Å². The number of carbonyl (C=O) groups excluding carboxylic acids is 1. The van der Waals surface area contributed by atoms with Gasteiger partial charge in [-0.15, -0.1) is 0 Å². The van der Waals surface area contributed by atoms with Crippen molar-refractivity contribution in [1.29, 1.82) is 0 Å². The fourth-order valence-corrected chi connectivity index (χ4v) is 2.93. The number of fused-ring (bicyclic) bond motifs is 1. The second kappa shape index (κ2) is 6.13. The van der Waals surface area contributed by atoms with Crippen LogP contribution in [0, 0.1) is 10.1 Å². The van der Waals surface area contributed by atoms with Gasteiger partial charge in [-0.3, -0.25) is 14.9 Å². The van der Waals surface area contributed by atoms with Gasteiger partial charge in [0.15, 0.2) is 10.9 Å². The maximum Gasteiger partial charge on any atom is 0.278 e. The van der Waals surface area contributed by atoms with Gasteiger partial charge in [0.1, 0.15) is 0 Å². The number of nitro groups is 1.